The molecule has 0 spiro atoms. The van der Waals surface area contributed by atoms with Gasteiger partial charge in [0.25, 0.3) is 0 Å². The van der Waals surface area contributed by atoms with Gasteiger partial charge in [0.1, 0.15) is 0 Å². The first-order valence-corrected chi connectivity index (χ1v) is 4.31. The average molecular weight is 163 g/mol. The zero-order chi connectivity index (χ0) is 7.40. The van der Waals surface area contributed by atoms with E-state index in [1.807, 2.05) is 0 Å². The first kappa shape index (κ1) is 8.31. The second kappa shape index (κ2) is 4.16. The van der Waals surface area contributed by atoms with Gasteiger partial charge in [-0.2, -0.15) is 0 Å². The summed E-state index contributed by atoms with van der Waals surface area (Å²) in [6, 6.07) is 0.584. The third-order valence-corrected chi connectivity index (χ3v) is 2.21. The minimum atomic E-state index is 0.584. The highest BCUT2D eigenvalue weighted by atomic mass is 35.5. The summed E-state index contributed by atoms with van der Waals surface area (Å²) in [6.45, 7) is 3.55. The van der Waals surface area contributed by atoms with E-state index in [1.54, 1.807) is 0 Å². The van der Waals surface area contributed by atoms with Crippen molar-refractivity contribution < 1.29 is 0 Å². The molecule has 0 saturated carbocycles. The Labute approximate surface area is 67.5 Å². The van der Waals surface area contributed by atoms with Crippen LogP contribution in [-0.2, 0) is 0 Å². The fraction of sp³-hybridized carbons (Fsp3) is 1.00. The van der Waals surface area contributed by atoms with E-state index >= 15 is 0 Å². The van der Waals surface area contributed by atoms with Crippen LogP contribution in [0.1, 0.15) is 6.42 Å². The van der Waals surface area contributed by atoms with Gasteiger partial charge >= 0.3 is 0 Å². The minimum absolute atomic E-state index is 0.584. The van der Waals surface area contributed by atoms with Crippen molar-refractivity contribution in [1.29, 1.82) is 0 Å². The van der Waals surface area contributed by atoms with Crippen molar-refractivity contribution >= 4 is 11.6 Å². The molecule has 0 aliphatic carbocycles. The Bertz CT molecular complexity index is 97.6. The number of likely N-dealkylation sites (tertiary alicyclic amines) is 1. The molecule has 1 rings (SSSR count). The average Bonchev–Trinajstić information content (AvgIpc) is 2.31. The Morgan fingerprint density at radius 1 is 1.70 bits per heavy atom. The van der Waals surface area contributed by atoms with Crippen LogP contribution in [0, 0.1) is 5.92 Å². The molecular formula is C7H15ClN2. The zero-order valence-electron chi connectivity index (χ0n) is 6.44. The molecule has 0 aromatic heterocycles. The van der Waals surface area contributed by atoms with Gasteiger partial charge in [-0.1, -0.05) is 0 Å². The fourth-order valence-electron chi connectivity index (χ4n) is 1.45. The van der Waals surface area contributed by atoms with Crippen LogP contribution in [0.4, 0.5) is 0 Å². The van der Waals surface area contributed by atoms with Crippen molar-refractivity contribution in [3.8, 4) is 0 Å². The largest absolute Gasteiger partial charge is 0.306 e. The maximum Gasteiger partial charge on any atom is 0.0713 e. The third kappa shape index (κ3) is 2.45. The van der Waals surface area contributed by atoms with Gasteiger partial charge in [0.05, 0.1) is 6.00 Å². The van der Waals surface area contributed by atoms with E-state index in [4.69, 9.17) is 11.6 Å². The van der Waals surface area contributed by atoms with Gasteiger partial charge in [0, 0.05) is 13.1 Å². The number of nitrogens with one attached hydrogen (secondary N) is 1. The molecule has 0 bridgehead atoms. The fourth-order valence-corrected chi connectivity index (χ4v) is 1.56. The maximum absolute atomic E-state index is 5.49. The van der Waals surface area contributed by atoms with E-state index in [-0.39, 0.29) is 0 Å². The summed E-state index contributed by atoms with van der Waals surface area (Å²) in [5, 5.41) is 3.15. The van der Waals surface area contributed by atoms with E-state index in [2.05, 4.69) is 17.3 Å². The number of hydrogen-bond donors (Lipinski definition) is 1. The van der Waals surface area contributed by atoms with Gasteiger partial charge in [0.2, 0.25) is 0 Å². The minimum Gasteiger partial charge on any atom is -0.306 e. The highest BCUT2D eigenvalue weighted by Crippen LogP contribution is 2.12. The van der Waals surface area contributed by atoms with E-state index in [0.29, 0.717) is 6.00 Å². The van der Waals surface area contributed by atoms with Gasteiger partial charge < -0.3 is 10.2 Å². The highest BCUT2D eigenvalue weighted by molar-refractivity contribution is 6.17. The van der Waals surface area contributed by atoms with Gasteiger partial charge in [-0.05, 0) is 25.9 Å². The number of alkyl halides is 1. The number of rotatable bonds is 3. The first-order chi connectivity index (χ1) is 4.83. The Morgan fingerprint density at radius 2 is 2.50 bits per heavy atom. The van der Waals surface area contributed by atoms with Crippen LogP contribution < -0.4 is 5.32 Å². The lowest BCUT2D eigenvalue weighted by atomic mass is 10.1. The van der Waals surface area contributed by atoms with E-state index < -0.39 is 0 Å². The molecule has 2 nitrogen and oxygen atoms in total. The summed E-state index contributed by atoms with van der Waals surface area (Å²) < 4.78 is 0. The Morgan fingerprint density at radius 3 is 3.00 bits per heavy atom. The van der Waals surface area contributed by atoms with Crippen LogP contribution in [0.5, 0.6) is 0 Å². The molecular weight excluding hydrogens is 148 g/mol. The smallest absolute Gasteiger partial charge is 0.0713 e. The van der Waals surface area contributed by atoms with Crippen molar-refractivity contribution in [2.75, 3.05) is 32.7 Å². The van der Waals surface area contributed by atoms with Crippen molar-refractivity contribution in [2.24, 2.45) is 5.92 Å². The molecule has 1 aliphatic rings. The van der Waals surface area contributed by atoms with Gasteiger partial charge in [-0.25, -0.2) is 0 Å². The molecule has 1 fully saturated rings. The second-order valence-electron chi connectivity index (χ2n) is 3.00. The molecule has 1 unspecified atom stereocenters. The Kier molecular flexibility index (Phi) is 3.46. The van der Waals surface area contributed by atoms with Crippen LogP contribution in [0.25, 0.3) is 0 Å². The maximum atomic E-state index is 5.49. The first-order valence-electron chi connectivity index (χ1n) is 3.78. The summed E-state index contributed by atoms with van der Waals surface area (Å²) >= 11 is 5.49. The molecule has 1 aliphatic heterocycles. The van der Waals surface area contributed by atoms with Crippen LogP contribution in [0.3, 0.4) is 0 Å². The molecule has 1 saturated heterocycles. The van der Waals surface area contributed by atoms with Crippen molar-refractivity contribution in [3.05, 3.63) is 0 Å². The number of hydrogen-bond acceptors (Lipinski definition) is 2. The highest BCUT2D eigenvalue weighted by Gasteiger charge is 2.17. The normalized spacial score (nSPS) is 27.6. The van der Waals surface area contributed by atoms with Crippen LogP contribution in [-0.4, -0.2) is 37.6 Å². The molecule has 3 heteroatoms. The summed E-state index contributed by atoms with van der Waals surface area (Å²) in [6.07, 6.45) is 1.32. The lowest BCUT2D eigenvalue weighted by Crippen LogP contribution is -2.23. The summed E-state index contributed by atoms with van der Waals surface area (Å²) in [4.78, 5) is 2.36. The van der Waals surface area contributed by atoms with Gasteiger partial charge in [0.15, 0.2) is 0 Å². The third-order valence-electron chi connectivity index (χ3n) is 2.02. The van der Waals surface area contributed by atoms with E-state index in [9.17, 15) is 0 Å². The molecule has 0 aromatic rings. The molecule has 60 valence electrons. The summed E-state index contributed by atoms with van der Waals surface area (Å²) in [7, 11) is 2.17. The quantitative estimate of drug-likeness (QED) is 0.486. The molecule has 10 heavy (non-hydrogen) atoms. The van der Waals surface area contributed by atoms with Gasteiger partial charge in [-0.15, -0.1) is 11.6 Å². The zero-order valence-corrected chi connectivity index (χ0v) is 7.19. The predicted molar refractivity (Wildman–Crippen MR) is 44.3 cm³/mol. The number of halogens is 1. The van der Waals surface area contributed by atoms with Crippen LogP contribution >= 0.6 is 11.6 Å². The molecule has 0 radical (unpaired) electrons. The molecule has 0 aromatic carbocycles. The van der Waals surface area contributed by atoms with E-state index in [0.717, 1.165) is 12.5 Å². The predicted octanol–water partition coefficient (Wildman–Crippen LogP) is 0.724. The monoisotopic (exact) mass is 162 g/mol. The van der Waals surface area contributed by atoms with Crippen LogP contribution in [0.2, 0.25) is 0 Å². The topological polar surface area (TPSA) is 15.3 Å². The standard InChI is InChI=1S/C7H15ClN2/c1-10-3-2-7(5-10)4-9-6-8/h7,9H,2-6H2,1H3. The Hall–Kier alpha value is 0.210. The van der Waals surface area contributed by atoms with Crippen molar-refractivity contribution in [1.82, 2.24) is 10.2 Å². The lowest BCUT2D eigenvalue weighted by molar-refractivity contribution is 0.391. The summed E-state index contributed by atoms with van der Waals surface area (Å²) in [5.41, 5.74) is 0. The lowest BCUT2D eigenvalue weighted by Gasteiger charge is -2.09. The molecule has 1 heterocycles. The SMILES string of the molecule is CN1CCC(CNCCl)C1. The summed E-state index contributed by atoms with van der Waals surface area (Å²) in [5.74, 6) is 0.823. The molecule has 1 atom stereocenters. The van der Waals surface area contributed by atoms with Crippen LogP contribution in [0.15, 0.2) is 0 Å². The van der Waals surface area contributed by atoms with Crippen molar-refractivity contribution in [2.45, 2.75) is 6.42 Å². The van der Waals surface area contributed by atoms with Gasteiger partial charge in [-0.3, -0.25) is 0 Å². The Balaban J connectivity index is 2.06. The second-order valence-corrected chi connectivity index (χ2v) is 3.27. The number of nitrogens with zero attached hydrogens (tertiary/aromatic N) is 1. The molecule has 0 amide bonds. The van der Waals surface area contributed by atoms with Crippen molar-refractivity contribution in [3.63, 3.8) is 0 Å². The molecule has 1 N–H and O–H groups in total. The van der Waals surface area contributed by atoms with E-state index in [1.165, 1.54) is 19.5 Å².